The third kappa shape index (κ3) is 2.88. The number of benzene rings is 1. The van der Waals surface area contributed by atoms with Crippen molar-refractivity contribution in [3.05, 3.63) is 34.2 Å². The van der Waals surface area contributed by atoms with E-state index in [-0.39, 0.29) is 18.0 Å². The van der Waals surface area contributed by atoms with Crippen LogP contribution in [0.5, 0.6) is 0 Å². The number of carboxylic acid groups (broad SMARTS) is 1. The van der Waals surface area contributed by atoms with Gasteiger partial charge in [0.15, 0.2) is 0 Å². The van der Waals surface area contributed by atoms with Crippen molar-refractivity contribution in [2.24, 2.45) is 5.18 Å². The molecule has 0 aliphatic rings. The molecule has 0 aliphatic heterocycles. The Morgan fingerprint density at radius 3 is 2.62 bits per heavy atom. The van der Waals surface area contributed by atoms with E-state index >= 15 is 0 Å². The van der Waals surface area contributed by atoms with Gasteiger partial charge in [-0.05, 0) is 18.2 Å². The molecule has 1 rings (SSSR count). The molecule has 2 N–H and O–H groups in total. The van der Waals surface area contributed by atoms with E-state index in [0.29, 0.717) is 11.3 Å². The van der Waals surface area contributed by atoms with Crippen LogP contribution in [0.1, 0.15) is 22.8 Å². The summed E-state index contributed by atoms with van der Waals surface area (Å²) in [6.45, 7) is 1.14. The summed E-state index contributed by atoms with van der Waals surface area (Å²) in [7, 11) is 0. The van der Waals surface area contributed by atoms with E-state index in [2.05, 4.69) is 10.5 Å². The lowest BCUT2D eigenvalue weighted by Crippen LogP contribution is -2.09. The number of nitroso groups, excluding NO2 is 1. The quantitative estimate of drug-likeness (QED) is 0.756. The number of nitrogens with one attached hydrogen (secondary N) is 1. The summed E-state index contributed by atoms with van der Waals surface area (Å²) in [5.74, 6) is -1.39. The average Bonchev–Trinajstić information content (AvgIpc) is 2.20. The normalized spacial score (nSPS) is 9.56. The first kappa shape index (κ1) is 11.8. The van der Waals surface area contributed by atoms with Gasteiger partial charge >= 0.3 is 5.97 Å². The molecular weight excluding hydrogens is 212 g/mol. The third-order valence-corrected chi connectivity index (χ3v) is 1.90. The number of hydrogen-bond donors (Lipinski definition) is 2. The minimum atomic E-state index is -1.10. The third-order valence-electron chi connectivity index (χ3n) is 1.90. The number of amides is 1. The van der Waals surface area contributed by atoms with E-state index in [1.54, 1.807) is 0 Å². The summed E-state index contributed by atoms with van der Waals surface area (Å²) >= 11 is 0. The standard InChI is InChI=1S/C10H10N2O4/c1-6(13)12-9-3-2-7(10(14)15)4-8(9)5-11-16/h2-4H,5H2,1H3,(H,12,13)(H,14,15). The molecule has 1 aromatic carbocycles. The van der Waals surface area contributed by atoms with Gasteiger partial charge in [0.2, 0.25) is 5.91 Å². The summed E-state index contributed by atoms with van der Waals surface area (Å²) in [5.41, 5.74) is 0.829. The number of hydrogen-bond acceptors (Lipinski definition) is 4. The summed E-state index contributed by atoms with van der Waals surface area (Å²) in [5, 5.41) is 13.9. The second-order valence-electron chi connectivity index (χ2n) is 3.15. The van der Waals surface area contributed by atoms with Crippen molar-refractivity contribution >= 4 is 17.6 Å². The maximum Gasteiger partial charge on any atom is 0.335 e. The molecule has 16 heavy (non-hydrogen) atoms. The molecule has 6 nitrogen and oxygen atoms in total. The Balaban J connectivity index is 3.12. The fraction of sp³-hybridized carbons (Fsp3) is 0.200. The SMILES string of the molecule is CC(=O)Nc1ccc(C(=O)O)cc1CN=O. The molecule has 0 aromatic heterocycles. The van der Waals surface area contributed by atoms with Crippen LogP contribution in [0, 0.1) is 4.91 Å². The minimum Gasteiger partial charge on any atom is -0.478 e. The molecule has 0 aliphatic carbocycles. The highest BCUT2D eigenvalue weighted by molar-refractivity contribution is 5.92. The van der Waals surface area contributed by atoms with Crippen molar-refractivity contribution in [1.82, 2.24) is 0 Å². The Labute approximate surface area is 91.3 Å². The largest absolute Gasteiger partial charge is 0.478 e. The van der Waals surface area contributed by atoms with Gasteiger partial charge in [-0.25, -0.2) is 4.79 Å². The molecule has 1 amide bonds. The second-order valence-corrected chi connectivity index (χ2v) is 3.15. The summed E-state index contributed by atoms with van der Waals surface area (Å²) < 4.78 is 0. The number of rotatable bonds is 4. The van der Waals surface area contributed by atoms with E-state index in [1.165, 1.54) is 25.1 Å². The molecule has 0 fully saturated rings. The topological polar surface area (TPSA) is 95.8 Å². The Morgan fingerprint density at radius 2 is 2.12 bits per heavy atom. The van der Waals surface area contributed by atoms with Gasteiger partial charge in [0.05, 0.1) is 5.56 Å². The van der Waals surface area contributed by atoms with Crippen LogP contribution in [0.4, 0.5) is 5.69 Å². The zero-order valence-corrected chi connectivity index (χ0v) is 8.56. The first-order valence-corrected chi connectivity index (χ1v) is 4.47. The fourth-order valence-corrected chi connectivity index (χ4v) is 1.24. The summed E-state index contributed by atoms with van der Waals surface area (Å²) in [4.78, 5) is 31.7. The van der Waals surface area contributed by atoms with Gasteiger partial charge in [-0.2, -0.15) is 4.91 Å². The van der Waals surface area contributed by atoms with Crippen LogP contribution in [0.2, 0.25) is 0 Å². The maximum absolute atomic E-state index is 10.9. The Bertz CT molecular complexity index is 442. The van der Waals surface area contributed by atoms with Gasteiger partial charge < -0.3 is 10.4 Å². The molecule has 0 unspecified atom stereocenters. The fourth-order valence-electron chi connectivity index (χ4n) is 1.24. The van der Waals surface area contributed by atoms with Crippen molar-refractivity contribution in [2.45, 2.75) is 13.5 Å². The summed E-state index contributed by atoms with van der Waals surface area (Å²) in [6.07, 6.45) is 0. The maximum atomic E-state index is 10.9. The van der Waals surface area contributed by atoms with Crippen LogP contribution in [-0.4, -0.2) is 17.0 Å². The molecule has 1 aromatic rings. The Kier molecular flexibility index (Phi) is 3.71. The zero-order chi connectivity index (χ0) is 12.1. The van der Waals surface area contributed by atoms with Crippen LogP contribution in [0.3, 0.4) is 0 Å². The first-order chi connectivity index (χ1) is 7.54. The van der Waals surface area contributed by atoms with Gasteiger partial charge in [0.1, 0.15) is 6.54 Å². The highest BCUT2D eigenvalue weighted by atomic mass is 16.4. The second kappa shape index (κ2) is 5.01. The van der Waals surface area contributed by atoms with Crippen LogP contribution < -0.4 is 5.32 Å². The Hall–Kier alpha value is -2.24. The van der Waals surface area contributed by atoms with Crippen LogP contribution in [0.15, 0.2) is 23.4 Å². The van der Waals surface area contributed by atoms with Crippen LogP contribution in [0.25, 0.3) is 0 Å². The van der Waals surface area contributed by atoms with Crippen LogP contribution >= 0.6 is 0 Å². The predicted octanol–water partition coefficient (Wildman–Crippen LogP) is 1.61. The molecule has 0 bridgehead atoms. The number of nitrogens with zero attached hydrogens (tertiary/aromatic N) is 1. The number of carboxylic acids is 1. The molecule has 6 heteroatoms. The van der Waals surface area contributed by atoms with E-state index < -0.39 is 5.97 Å². The number of anilines is 1. The molecule has 0 spiro atoms. The smallest absolute Gasteiger partial charge is 0.335 e. The molecule has 0 saturated heterocycles. The van der Waals surface area contributed by atoms with Crippen molar-refractivity contribution < 1.29 is 14.7 Å². The number of carbonyl (C=O) groups is 2. The average molecular weight is 222 g/mol. The number of aromatic carboxylic acids is 1. The lowest BCUT2D eigenvalue weighted by molar-refractivity contribution is -0.114. The first-order valence-electron chi connectivity index (χ1n) is 4.47. The monoisotopic (exact) mass is 222 g/mol. The minimum absolute atomic E-state index is 0.0488. The van der Waals surface area contributed by atoms with Crippen molar-refractivity contribution in [3.8, 4) is 0 Å². The number of carbonyl (C=O) groups excluding carboxylic acids is 1. The van der Waals surface area contributed by atoms with Gasteiger partial charge in [-0.1, -0.05) is 5.18 Å². The van der Waals surface area contributed by atoms with Gasteiger partial charge in [0.25, 0.3) is 0 Å². The van der Waals surface area contributed by atoms with Crippen LogP contribution in [-0.2, 0) is 11.3 Å². The molecule has 0 heterocycles. The summed E-state index contributed by atoms with van der Waals surface area (Å²) in [6, 6.07) is 4.10. The molecule has 0 atom stereocenters. The Morgan fingerprint density at radius 1 is 1.44 bits per heavy atom. The van der Waals surface area contributed by atoms with Crippen molar-refractivity contribution in [3.63, 3.8) is 0 Å². The highest BCUT2D eigenvalue weighted by Crippen LogP contribution is 2.18. The lowest BCUT2D eigenvalue weighted by atomic mass is 10.1. The van der Waals surface area contributed by atoms with E-state index in [0.717, 1.165) is 0 Å². The molecule has 0 radical (unpaired) electrons. The van der Waals surface area contributed by atoms with E-state index in [9.17, 15) is 14.5 Å². The van der Waals surface area contributed by atoms with E-state index in [1.807, 2.05) is 0 Å². The molecular formula is C10H10N2O4. The van der Waals surface area contributed by atoms with Crippen molar-refractivity contribution in [2.75, 3.05) is 5.32 Å². The lowest BCUT2D eigenvalue weighted by Gasteiger charge is -2.07. The zero-order valence-electron chi connectivity index (χ0n) is 8.56. The van der Waals surface area contributed by atoms with Gasteiger partial charge in [-0.3, -0.25) is 4.79 Å². The highest BCUT2D eigenvalue weighted by Gasteiger charge is 2.09. The van der Waals surface area contributed by atoms with E-state index in [4.69, 9.17) is 5.11 Å². The predicted molar refractivity (Wildman–Crippen MR) is 57.2 cm³/mol. The molecule has 84 valence electrons. The van der Waals surface area contributed by atoms with Gasteiger partial charge in [-0.15, -0.1) is 0 Å². The van der Waals surface area contributed by atoms with Gasteiger partial charge in [0, 0.05) is 18.2 Å². The van der Waals surface area contributed by atoms with Crippen molar-refractivity contribution in [1.29, 1.82) is 0 Å². The molecule has 0 saturated carbocycles.